The second-order valence-corrected chi connectivity index (χ2v) is 6.80. The van der Waals surface area contributed by atoms with Crippen molar-refractivity contribution in [3.05, 3.63) is 35.4 Å². The number of phenolic OH excluding ortho intramolecular Hbond substituents is 1. The third-order valence-electron chi connectivity index (χ3n) is 4.52. The average molecular weight is 398 g/mol. The van der Waals surface area contributed by atoms with Crippen LogP contribution in [0.15, 0.2) is 24.3 Å². The van der Waals surface area contributed by atoms with Crippen molar-refractivity contribution < 1.29 is 44.9 Å². The van der Waals surface area contributed by atoms with Gasteiger partial charge in [0.05, 0.1) is 19.3 Å². The molecule has 1 aliphatic rings. The van der Waals surface area contributed by atoms with Gasteiger partial charge in [0, 0.05) is 18.1 Å². The highest BCUT2D eigenvalue weighted by Gasteiger charge is 2.39. The van der Waals surface area contributed by atoms with Crippen LogP contribution in [0.1, 0.15) is 41.8 Å². The molecule has 0 aromatic heterocycles. The summed E-state index contributed by atoms with van der Waals surface area (Å²) >= 11 is 0. The van der Waals surface area contributed by atoms with Gasteiger partial charge in [-0.15, -0.1) is 0 Å². The molecule has 0 bridgehead atoms. The maximum absolute atomic E-state index is 12.2. The van der Waals surface area contributed by atoms with Gasteiger partial charge in [-0.05, 0) is 19.4 Å². The lowest BCUT2D eigenvalue weighted by molar-refractivity contribution is -0.0861. The predicted molar refractivity (Wildman–Crippen MR) is 96.9 cm³/mol. The van der Waals surface area contributed by atoms with E-state index < -0.39 is 48.3 Å². The summed E-state index contributed by atoms with van der Waals surface area (Å²) < 4.78 is 10.1. The molecule has 2 rings (SSSR count). The average Bonchev–Trinajstić information content (AvgIpc) is 2.63. The first kappa shape index (κ1) is 22.1. The van der Waals surface area contributed by atoms with Gasteiger partial charge in [-0.2, -0.15) is 0 Å². The van der Waals surface area contributed by atoms with Gasteiger partial charge in [0.2, 0.25) is 0 Å². The van der Waals surface area contributed by atoms with Crippen molar-refractivity contribution in [3.63, 3.8) is 0 Å². The van der Waals surface area contributed by atoms with Gasteiger partial charge in [0.15, 0.2) is 0 Å². The van der Waals surface area contributed by atoms with Crippen molar-refractivity contribution in [1.82, 2.24) is 0 Å². The molecule has 9 heteroatoms. The van der Waals surface area contributed by atoms with Crippen LogP contribution in [0.5, 0.6) is 11.5 Å². The van der Waals surface area contributed by atoms with Crippen molar-refractivity contribution in [3.8, 4) is 11.5 Å². The van der Waals surface area contributed by atoms with Crippen molar-refractivity contribution >= 4 is 5.97 Å². The lowest BCUT2D eigenvalue weighted by Crippen LogP contribution is -2.42. The first-order valence-electron chi connectivity index (χ1n) is 8.84. The number of aliphatic hydroxyl groups is 5. The molecule has 0 fully saturated rings. The summed E-state index contributed by atoms with van der Waals surface area (Å²) in [7, 11) is 1.36. The number of ether oxygens (including phenoxy) is 2. The molecule has 9 nitrogen and oxygen atoms in total. The van der Waals surface area contributed by atoms with Crippen molar-refractivity contribution in [2.75, 3.05) is 7.11 Å². The first-order chi connectivity index (χ1) is 13.1. The van der Waals surface area contributed by atoms with Gasteiger partial charge >= 0.3 is 5.97 Å². The maximum Gasteiger partial charge on any atom is 0.342 e. The Morgan fingerprint density at radius 3 is 2.54 bits per heavy atom. The summed E-state index contributed by atoms with van der Waals surface area (Å²) in [6, 6.07) is 2.59. The molecule has 28 heavy (non-hydrogen) atoms. The highest BCUT2D eigenvalue weighted by molar-refractivity contribution is 5.95. The molecule has 1 aromatic rings. The van der Waals surface area contributed by atoms with E-state index in [0.29, 0.717) is 0 Å². The predicted octanol–water partition coefficient (Wildman–Crippen LogP) is -0.227. The Morgan fingerprint density at radius 1 is 1.25 bits per heavy atom. The third-order valence-corrected chi connectivity index (χ3v) is 4.52. The first-order valence-corrected chi connectivity index (χ1v) is 8.84. The van der Waals surface area contributed by atoms with E-state index in [1.165, 1.54) is 31.4 Å². The van der Waals surface area contributed by atoms with E-state index >= 15 is 0 Å². The van der Waals surface area contributed by atoms with Crippen LogP contribution in [0.4, 0.5) is 0 Å². The molecule has 1 aromatic carbocycles. The fourth-order valence-electron chi connectivity index (χ4n) is 2.97. The molecule has 0 saturated carbocycles. The topological polar surface area (TPSA) is 157 Å². The van der Waals surface area contributed by atoms with Gasteiger partial charge in [-0.25, -0.2) is 4.79 Å². The van der Waals surface area contributed by atoms with Gasteiger partial charge in [-0.3, -0.25) is 0 Å². The molecule has 6 atom stereocenters. The minimum absolute atomic E-state index is 0.0807. The highest BCUT2D eigenvalue weighted by Crippen LogP contribution is 2.39. The number of hydrogen-bond donors (Lipinski definition) is 6. The summed E-state index contributed by atoms with van der Waals surface area (Å²) in [5.74, 6) is -1.07. The van der Waals surface area contributed by atoms with E-state index in [4.69, 9.17) is 9.47 Å². The molecule has 0 saturated heterocycles. The Hall–Kier alpha value is -2.17. The van der Waals surface area contributed by atoms with Crippen LogP contribution in [0, 0.1) is 0 Å². The molecular weight excluding hydrogens is 372 g/mol. The lowest BCUT2D eigenvalue weighted by Gasteiger charge is -2.32. The van der Waals surface area contributed by atoms with Gasteiger partial charge in [0.25, 0.3) is 0 Å². The molecular formula is C19H26O9. The van der Waals surface area contributed by atoms with E-state index in [1.807, 2.05) is 0 Å². The number of benzene rings is 1. The number of hydrogen-bond acceptors (Lipinski definition) is 9. The molecule has 0 radical (unpaired) electrons. The fourth-order valence-corrected chi connectivity index (χ4v) is 2.97. The zero-order valence-corrected chi connectivity index (χ0v) is 15.6. The SMILES string of the molecule is COc1cc(O)c2c(c1)[C@@H](O)[C@H](C[C@H](O)[C@H](O)[C@@H](O)C=CC[C@H](C)O)OC2=O. The molecule has 1 aliphatic heterocycles. The van der Waals surface area contributed by atoms with Gasteiger partial charge < -0.3 is 40.1 Å². The Balaban J connectivity index is 2.11. The summed E-state index contributed by atoms with van der Waals surface area (Å²) in [5, 5.41) is 59.8. The van der Waals surface area contributed by atoms with E-state index in [-0.39, 0.29) is 29.7 Å². The van der Waals surface area contributed by atoms with Crippen LogP contribution < -0.4 is 4.74 Å². The third kappa shape index (κ3) is 5.00. The zero-order valence-electron chi connectivity index (χ0n) is 15.6. The van der Waals surface area contributed by atoms with E-state index in [1.54, 1.807) is 6.92 Å². The van der Waals surface area contributed by atoms with Crippen LogP contribution >= 0.6 is 0 Å². The van der Waals surface area contributed by atoms with Crippen molar-refractivity contribution in [1.29, 1.82) is 0 Å². The number of aromatic hydroxyl groups is 1. The Bertz CT molecular complexity index is 716. The summed E-state index contributed by atoms with van der Waals surface area (Å²) in [6.07, 6.45) is -5.11. The number of aliphatic hydroxyl groups excluding tert-OH is 5. The molecule has 0 amide bonds. The minimum atomic E-state index is -1.60. The minimum Gasteiger partial charge on any atom is -0.507 e. The second-order valence-electron chi connectivity index (χ2n) is 6.80. The number of methoxy groups -OCH3 is 1. The Labute approximate surface area is 162 Å². The molecule has 0 spiro atoms. The molecule has 1 heterocycles. The largest absolute Gasteiger partial charge is 0.507 e. The van der Waals surface area contributed by atoms with Crippen LogP contribution in [0.25, 0.3) is 0 Å². The number of cyclic esters (lactones) is 1. The number of phenols is 1. The van der Waals surface area contributed by atoms with E-state index in [2.05, 4.69) is 0 Å². The number of rotatable bonds is 8. The smallest absolute Gasteiger partial charge is 0.342 e. The van der Waals surface area contributed by atoms with E-state index in [0.717, 1.165) is 0 Å². The summed E-state index contributed by atoms with van der Waals surface area (Å²) in [4.78, 5) is 12.2. The number of fused-ring (bicyclic) bond motifs is 1. The number of carbonyl (C=O) groups excluding carboxylic acids is 1. The standard InChI is InChI=1S/C19H26O9/c1-9(20)4-3-5-12(21)18(25)14(23)8-15-17(24)11-6-10(27-2)7-13(22)16(11)19(26)28-15/h3,5-7,9,12,14-15,17-18,20-25H,4,8H2,1-2H3/t9-,12-,14-,15-,17+,18+/m0/s1. The molecule has 6 N–H and O–H groups in total. The fraction of sp³-hybridized carbons (Fsp3) is 0.526. The van der Waals surface area contributed by atoms with Crippen LogP contribution in [0.3, 0.4) is 0 Å². The zero-order chi connectivity index (χ0) is 21.0. The van der Waals surface area contributed by atoms with Crippen LogP contribution in [-0.4, -0.2) is 74.2 Å². The van der Waals surface area contributed by atoms with E-state index in [9.17, 15) is 35.4 Å². The number of carbonyl (C=O) groups is 1. The summed E-state index contributed by atoms with van der Waals surface area (Å²) in [5.41, 5.74) is -0.113. The monoisotopic (exact) mass is 398 g/mol. The van der Waals surface area contributed by atoms with Crippen molar-refractivity contribution in [2.45, 2.75) is 56.4 Å². The molecule has 156 valence electrons. The van der Waals surface area contributed by atoms with Crippen molar-refractivity contribution in [2.24, 2.45) is 0 Å². The van der Waals surface area contributed by atoms with Gasteiger partial charge in [-0.1, -0.05) is 12.2 Å². The molecule has 0 aliphatic carbocycles. The maximum atomic E-state index is 12.2. The van der Waals surface area contributed by atoms with Crippen LogP contribution in [0.2, 0.25) is 0 Å². The Kier molecular flexibility index (Phi) is 7.39. The molecule has 0 unspecified atom stereocenters. The number of esters is 1. The van der Waals surface area contributed by atoms with Crippen LogP contribution in [-0.2, 0) is 4.74 Å². The summed E-state index contributed by atoms with van der Waals surface area (Å²) in [6.45, 7) is 1.56. The van der Waals surface area contributed by atoms with Gasteiger partial charge in [0.1, 0.15) is 41.5 Å². The quantitative estimate of drug-likeness (QED) is 0.257. The Morgan fingerprint density at radius 2 is 1.93 bits per heavy atom. The second kappa shape index (κ2) is 9.35. The lowest BCUT2D eigenvalue weighted by atomic mass is 9.90. The normalized spacial score (nSPS) is 23.6. The highest BCUT2D eigenvalue weighted by atomic mass is 16.6.